The molecule has 1 aromatic heterocycles. The van der Waals surface area contributed by atoms with Crippen LogP contribution in [-0.4, -0.2) is 16.3 Å². The van der Waals surface area contributed by atoms with Crippen molar-refractivity contribution in [2.24, 2.45) is 0 Å². The zero-order valence-electron chi connectivity index (χ0n) is 11.7. The van der Waals surface area contributed by atoms with Gasteiger partial charge in [0.2, 0.25) is 0 Å². The van der Waals surface area contributed by atoms with Crippen LogP contribution in [0.1, 0.15) is 37.6 Å². The number of nitrogens with zero attached hydrogens (tertiary/aromatic N) is 2. The Morgan fingerprint density at radius 2 is 1.90 bits per heavy atom. The summed E-state index contributed by atoms with van der Waals surface area (Å²) in [6, 6.07) is 8.61. The molecule has 0 radical (unpaired) electrons. The zero-order chi connectivity index (χ0) is 14.5. The molecule has 2 aromatic rings. The highest BCUT2D eigenvalue weighted by Crippen LogP contribution is 2.28. The molecule has 0 saturated heterocycles. The number of aryl methyl sites for hydroxylation is 1. The maximum atomic E-state index is 4.43. The van der Waals surface area contributed by atoms with Gasteiger partial charge in [-0.05, 0) is 42.8 Å². The molecule has 0 saturated carbocycles. The number of nitrogens with one attached hydrogen (secondary N) is 1. The van der Waals surface area contributed by atoms with Crippen molar-refractivity contribution < 1.29 is 0 Å². The molecular weight excluding hydrogens is 382 g/mol. The summed E-state index contributed by atoms with van der Waals surface area (Å²) in [7, 11) is 0. The van der Waals surface area contributed by atoms with Gasteiger partial charge < -0.3 is 5.32 Å². The summed E-state index contributed by atoms with van der Waals surface area (Å²) in [4.78, 5) is 0. The fourth-order valence-corrected chi connectivity index (χ4v) is 3.66. The van der Waals surface area contributed by atoms with Crippen LogP contribution in [0.15, 0.2) is 39.4 Å². The molecule has 2 rings (SSSR count). The van der Waals surface area contributed by atoms with Crippen molar-refractivity contribution in [1.29, 1.82) is 0 Å². The summed E-state index contributed by atoms with van der Waals surface area (Å²) in [6.45, 7) is 6.15. The van der Waals surface area contributed by atoms with E-state index in [1.165, 1.54) is 11.3 Å². The van der Waals surface area contributed by atoms with Gasteiger partial charge >= 0.3 is 0 Å². The van der Waals surface area contributed by atoms with Crippen molar-refractivity contribution in [1.82, 2.24) is 15.1 Å². The monoisotopic (exact) mass is 399 g/mol. The van der Waals surface area contributed by atoms with Crippen molar-refractivity contribution in [3.8, 4) is 0 Å². The molecule has 0 bridgehead atoms. The average Bonchev–Trinajstić information content (AvgIpc) is 2.83. The first kappa shape index (κ1) is 15.7. The molecule has 0 fully saturated rings. The fourth-order valence-electron chi connectivity index (χ4n) is 2.33. The van der Waals surface area contributed by atoms with Gasteiger partial charge in [0, 0.05) is 21.7 Å². The van der Waals surface area contributed by atoms with Crippen LogP contribution >= 0.6 is 31.9 Å². The second kappa shape index (κ2) is 7.38. The molecule has 0 aliphatic rings. The van der Waals surface area contributed by atoms with E-state index in [0.717, 1.165) is 28.5 Å². The molecule has 5 heteroatoms. The van der Waals surface area contributed by atoms with E-state index < -0.39 is 0 Å². The third kappa shape index (κ3) is 3.71. The average molecular weight is 401 g/mol. The quantitative estimate of drug-likeness (QED) is 0.772. The van der Waals surface area contributed by atoms with Crippen LogP contribution in [-0.2, 0) is 6.54 Å². The first-order chi connectivity index (χ1) is 9.65. The molecule has 0 aliphatic heterocycles. The second-order valence-electron chi connectivity index (χ2n) is 4.67. The number of hydrogen-bond acceptors (Lipinski definition) is 2. The summed E-state index contributed by atoms with van der Waals surface area (Å²) in [5, 5.41) is 7.98. The van der Waals surface area contributed by atoms with Crippen LogP contribution in [0, 0.1) is 0 Å². The Hall–Kier alpha value is -0.650. The highest BCUT2D eigenvalue weighted by Gasteiger charge is 2.18. The Morgan fingerprint density at radius 3 is 2.50 bits per heavy atom. The molecule has 0 spiro atoms. The molecule has 1 unspecified atom stereocenters. The normalized spacial score (nSPS) is 12.6. The Kier molecular flexibility index (Phi) is 5.81. The van der Waals surface area contributed by atoms with E-state index in [-0.39, 0.29) is 6.04 Å². The molecular formula is C15H19Br2N3. The zero-order valence-corrected chi connectivity index (χ0v) is 14.9. The van der Waals surface area contributed by atoms with Crippen LogP contribution in [0.3, 0.4) is 0 Å². The predicted octanol–water partition coefficient (Wildman–Crippen LogP) is 4.52. The Labute approximate surface area is 137 Å². The molecule has 20 heavy (non-hydrogen) atoms. The number of benzene rings is 1. The van der Waals surface area contributed by atoms with Gasteiger partial charge in [-0.25, -0.2) is 0 Å². The molecule has 0 amide bonds. The smallest absolute Gasteiger partial charge is 0.0748 e. The third-order valence-electron chi connectivity index (χ3n) is 3.11. The number of hydrogen-bond donors (Lipinski definition) is 1. The van der Waals surface area contributed by atoms with E-state index in [1.807, 2.05) is 6.20 Å². The third-order valence-corrected chi connectivity index (χ3v) is 4.02. The molecule has 1 heterocycles. The molecule has 3 nitrogen and oxygen atoms in total. The molecule has 1 aromatic carbocycles. The van der Waals surface area contributed by atoms with Crippen LogP contribution < -0.4 is 5.32 Å². The largest absolute Gasteiger partial charge is 0.305 e. The minimum atomic E-state index is 0.155. The van der Waals surface area contributed by atoms with Crippen molar-refractivity contribution in [3.05, 3.63) is 50.7 Å². The van der Waals surface area contributed by atoms with Crippen LogP contribution in [0.25, 0.3) is 0 Å². The van der Waals surface area contributed by atoms with E-state index in [4.69, 9.17) is 0 Å². The molecule has 108 valence electrons. The van der Waals surface area contributed by atoms with Gasteiger partial charge in [-0.15, -0.1) is 0 Å². The number of aromatic nitrogens is 2. The first-order valence-electron chi connectivity index (χ1n) is 6.86. The van der Waals surface area contributed by atoms with Crippen LogP contribution in [0.2, 0.25) is 0 Å². The van der Waals surface area contributed by atoms with E-state index in [1.54, 1.807) is 0 Å². The topological polar surface area (TPSA) is 29.9 Å². The lowest BCUT2D eigenvalue weighted by molar-refractivity contribution is 0.520. The van der Waals surface area contributed by atoms with Crippen molar-refractivity contribution in [2.75, 3.05) is 6.54 Å². The summed E-state index contributed by atoms with van der Waals surface area (Å²) in [6.07, 6.45) is 2.96. The maximum absolute atomic E-state index is 4.43. The van der Waals surface area contributed by atoms with Gasteiger partial charge in [-0.3, -0.25) is 4.68 Å². The Bertz CT molecular complexity index is 546. The predicted molar refractivity (Wildman–Crippen MR) is 89.9 cm³/mol. The van der Waals surface area contributed by atoms with Crippen LogP contribution in [0.4, 0.5) is 0 Å². The van der Waals surface area contributed by atoms with Crippen molar-refractivity contribution >= 4 is 31.9 Å². The van der Waals surface area contributed by atoms with E-state index >= 15 is 0 Å². The van der Waals surface area contributed by atoms with Gasteiger partial charge in [-0.1, -0.05) is 45.7 Å². The molecule has 0 aliphatic carbocycles. The highest BCUT2D eigenvalue weighted by molar-refractivity contribution is 9.11. The van der Waals surface area contributed by atoms with E-state index in [0.29, 0.717) is 0 Å². The standard InChI is InChI=1S/C15H19Br2N3/c1-3-7-20-14(5-6-19-20)15(18-4-2)11-8-12(16)10-13(17)9-11/h5-6,8-10,15,18H,3-4,7H2,1-2H3. The van der Waals surface area contributed by atoms with Crippen molar-refractivity contribution in [3.63, 3.8) is 0 Å². The van der Waals surface area contributed by atoms with Crippen LogP contribution in [0.5, 0.6) is 0 Å². The van der Waals surface area contributed by atoms with E-state index in [9.17, 15) is 0 Å². The summed E-state index contributed by atoms with van der Waals surface area (Å²) in [5.74, 6) is 0. The molecule has 1 N–H and O–H groups in total. The van der Waals surface area contributed by atoms with Gasteiger partial charge in [-0.2, -0.15) is 5.10 Å². The lowest BCUT2D eigenvalue weighted by Gasteiger charge is -2.20. The van der Waals surface area contributed by atoms with E-state index in [2.05, 4.69) is 85.1 Å². The lowest BCUT2D eigenvalue weighted by Crippen LogP contribution is -2.25. The Balaban J connectivity index is 2.41. The second-order valence-corrected chi connectivity index (χ2v) is 6.50. The summed E-state index contributed by atoms with van der Waals surface area (Å²) >= 11 is 7.13. The van der Waals surface area contributed by atoms with Crippen molar-refractivity contribution in [2.45, 2.75) is 32.9 Å². The maximum Gasteiger partial charge on any atom is 0.0748 e. The summed E-state index contributed by atoms with van der Waals surface area (Å²) < 4.78 is 4.24. The lowest BCUT2D eigenvalue weighted by atomic mass is 10.0. The van der Waals surface area contributed by atoms with Gasteiger partial charge in [0.25, 0.3) is 0 Å². The minimum absolute atomic E-state index is 0.155. The van der Waals surface area contributed by atoms with Gasteiger partial charge in [0.15, 0.2) is 0 Å². The molecule has 1 atom stereocenters. The van der Waals surface area contributed by atoms with Gasteiger partial charge in [0.05, 0.1) is 11.7 Å². The number of rotatable bonds is 6. The highest BCUT2D eigenvalue weighted by atomic mass is 79.9. The SMILES string of the molecule is CCCn1nccc1C(NCC)c1cc(Br)cc(Br)c1. The summed E-state index contributed by atoms with van der Waals surface area (Å²) in [5.41, 5.74) is 2.43. The fraction of sp³-hybridized carbons (Fsp3) is 0.400. The number of halogens is 2. The van der Waals surface area contributed by atoms with Gasteiger partial charge in [0.1, 0.15) is 0 Å². The first-order valence-corrected chi connectivity index (χ1v) is 8.45. The minimum Gasteiger partial charge on any atom is -0.305 e. The Morgan fingerprint density at radius 1 is 1.20 bits per heavy atom.